The van der Waals surface area contributed by atoms with Gasteiger partial charge in [-0.15, -0.1) is 0 Å². The Balaban J connectivity index is 2.34. The predicted molar refractivity (Wildman–Crippen MR) is 77.4 cm³/mol. The van der Waals surface area contributed by atoms with Crippen LogP contribution in [0.5, 0.6) is 0 Å². The molecule has 0 atom stereocenters. The highest BCUT2D eigenvalue weighted by molar-refractivity contribution is 5.90. The molecular formula is C15H21N3. The van der Waals surface area contributed by atoms with E-state index in [1.54, 1.807) is 0 Å². The molecule has 2 rings (SSSR count). The highest BCUT2D eigenvalue weighted by Gasteiger charge is 2.10. The summed E-state index contributed by atoms with van der Waals surface area (Å²) in [5.74, 6) is 0. The van der Waals surface area contributed by atoms with E-state index in [2.05, 4.69) is 30.7 Å². The lowest BCUT2D eigenvalue weighted by Gasteiger charge is -2.24. The van der Waals surface area contributed by atoms with Gasteiger partial charge in [0.25, 0.3) is 0 Å². The molecule has 3 heteroatoms. The molecule has 0 radical (unpaired) electrons. The zero-order chi connectivity index (χ0) is 13.1. The topological polar surface area (TPSA) is 42.1 Å². The van der Waals surface area contributed by atoms with Gasteiger partial charge in [0, 0.05) is 23.7 Å². The highest BCUT2D eigenvalue weighted by atomic mass is 15.1. The van der Waals surface area contributed by atoms with Crippen molar-refractivity contribution in [1.82, 2.24) is 9.88 Å². The van der Waals surface area contributed by atoms with Gasteiger partial charge in [0.1, 0.15) is 0 Å². The molecular weight excluding hydrogens is 222 g/mol. The van der Waals surface area contributed by atoms with Crippen molar-refractivity contribution < 1.29 is 0 Å². The van der Waals surface area contributed by atoms with E-state index in [0.717, 1.165) is 35.4 Å². The Morgan fingerprint density at radius 3 is 2.67 bits per heavy atom. The van der Waals surface area contributed by atoms with Gasteiger partial charge in [0.2, 0.25) is 0 Å². The first-order chi connectivity index (χ1) is 8.61. The third-order valence-electron chi connectivity index (χ3n) is 3.30. The Kier molecular flexibility index (Phi) is 3.82. The maximum atomic E-state index is 6.09. The fourth-order valence-electron chi connectivity index (χ4n) is 2.21. The van der Waals surface area contributed by atoms with Crippen LogP contribution >= 0.6 is 0 Å². The first kappa shape index (κ1) is 12.8. The van der Waals surface area contributed by atoms with E-state index < -0.39 is 0 Å². The van der Waals surface area contributed by atoms with E-state index in [-0.39, 0.29) is 0 Å². The molecule has 1 heterocycles. The van der Waals surface area contributed by atoms with Crippen molar-refractivity contribution in [2.45, 2.75) is 33.4 Å². The van der Waals surface area contributed by atoms with Crippen LogP contribution < -0.4 is 5.73 Å². The molecule has 96 valence electrons. The van der Waals surface area contributed by atoms with Crippen molar-refractivity contribution in [3.8, 4) is 0 Å². The lowest BCUT2D eigenvalue weighted by atomic mass is 10.1. The van der Waals surface area contributed by atoms with Gasteiger partial charge in [-0.05, 0) is 32.5 Å². The smallest absolute Gasteiger partial charge is 0.0726 e. The summed E-state index contributed by atoms with van der Waals surface area (Å²) < 4.78 is 0. The number of nitrogen functional groups attached to an aromatic ring is 1. The Morgan fingerprint density at radius 2 is 2.00 bits per heavy atom. The maximum absolute atomic E-state index is 6.09. The number of benzene rings is 1. The summed E-state index contributed by atoms with van der Waals surface area (Å²) in [4.78, 5) is 7.06. The van der Waals surface area contributed by atoms with E-state index in [1.165, 1.54) is 0 Å². The van der Waals surface area contributed by atoms with Crippen LogP contribution in [0.1, 0.15) is 26.5 Å². The quantitative estimate of drug-likeness (QED) is 0.897. The minimum absolute atomic E-state index is 0.518. The first-order valence-corrected chi connectivity index (χ1v) is 6.50. The number of nitrogens with two attached hydrogens (primary N) is 1. The lowest BCUT2D eigenvalue weighted by Crippen LogP contribution is -2.30. The normalized spacial score (nSPS) is 11.6. The molecule has 0 saturated heterocycles. The van der Waals surface area contributed by atoms with Gasteiger partial charge < -0.3 is 5.73 Å². The van der Waals surface area contributed by atoms with Gasteiger partial charge in [-0.2, -0.15) is 0 Å². The number of aromatic nitrogens is 1. The average molecular weight is 243 g/mol. The molecule has 2 aromatic rings. The number of fused-ring (bicyclic) bond motifs is 1. The van der Waals surface area contributed by atoms with Crippen LogP contribution in [0.4, 0.5) is 5.69 Å². The van der Waals surface area contributed by atoms with Crippen molar-refractivity contribution in [3.05, 3.63) is 36.0 Å². The second-order valence-corrected chi connectivity index (χ2v) is 4.88. The van der Waals surface area contributed by atoms with Crippen LogP contribution in [0.25, 0.3) is 10.9 Å². The second-order valence-electron chi connectivity index (χ2n) is 4.88. The molecule has 0 unspecified atom stereocenters. The Labute approximate surface area is 109 Å². The highest BCUT2D eigenvalue weighted by Crippen LogP contribution is 2.21. The first-order valence-electron chi connectivity index (χ1n) is 6.50. The van der Waals surface area contributed by atoms with Crippen LogP contribution in [-0.4, -0.2) is 22.5 Å². The molecule has 0 spiro atoms. The minimum Gasteiger partial charge on any atom is -0.398 e. The number of hydrogen-bond donors (Lipinski definition) is 1. The van der Waals surface area contributed by atoms with Gasteiger partial charge >= 0.3 is 0 Å². The number of pyridine rings is 1. The summed E-state index contributed by atoms with van der Waals surface area (Å²) in [6.07, 6.45) is 0. The van der Waals surface area contributed by atoms with E-state index in [0.29, 0.717) is 6.04 Å². The second kappa shape index (κ2) is 5.36. The molecule has 0 bridgehead atoms. The van der Waals surface area contributed by atoms with Crippen LogP contribution in [0.3, 0.4) is 0 Å². The third kappa shape index (κ3) is 2.62. The summed E-state index contributed by atoms with van der Waals surface area (Å²) in [5, 5.41) is 1.04. The molecule has 0 fully saturated rings. The summed E-state index contributed by atoms with van der Waals surface area (Å²) in [5.41, 5.74) is 8.93. The number of hydrogen-bond acceptors (Lipinski definition) is 3. The molecule has 0 aliphatic carbocycles. The molecule has 1 aromatic carbocycles. The standard InChI is InChI=1S/C15H21N3/c1-4-18(11(2)3)10-12-9-14(16)13-7-5-6-8-15(13)17-12/h5-9,11H,4,10H2,1-3H3,(H2,16,17). The molecule has 0 amide bonds. The predicted octanol–water partition coefficient (Wildman–Crippen LogP) is 3.05. The van der Waals surface area contributed by atoms with Crippen molar-refractivity contribution >= 4 is 16.6 Å². The van der Waals surface area contributed by atoms with E-state index in [1.807, 2.05) is 30.3 Å². The monoisotopic (exact) mass is 243 g/mol. The summed E-state index contributed by atoms with van der Waals surface area (Å²) >= 11 is 0. The molecule has 1 aromatic heterocycles. The van der Waals surface area contributed by atoms with Gasteiger partial charge in [-0.3, -0.25) is 9.88 Å². The average Bonchev–Trinajstić information content (AvgIpc) is 2.35. The van der Waals surface area contributed by atoms with Crippen LogP contribution in [-0.2, 0) is 6.54 Å². The van der Waals surface area contributed by atoms with Crippen LogP contribution in [0.2, 0.25) is 0 Å². The fourth-order valence-corrected chi connectivity index (χ4v) is 2.21. The van der Waals surface area contributed by atoms with Crippen molar-refractivity contribution in [2.24, 2.45) is 0 Å². The van der Waals surface area contributed by atoms with E-state index >= 15 is 0 Å². The van der Waals surface area contributed by atoms with Gasteiger partial charge in [0.15, 0.2) is 0 Å². The Bertz CT molecular complexity index is 534. The number of rotatable bonds is 4. The largest absolute Gasteiger partial charge is 0.398 e. The molecule has 0 aliphatic rings. The molecule has 0 saturated carbocycles. The summed E-state index contributed by atoms with van der Waals surface area (Å²) in [6, 6.07) is 10.5. The molecule has 18 heavy (non-hydrogen) atoms. The third-order valence-corrected chi connectivity index (χ3v) is 3.30. The van der Waals surface area contributed by atoms with Gasteiger partial charge in [0.05, 0.1) is 11.2 Å². The number of para-hydroxylation sites is 1. The van der Waals surface area contributed by atoms with Crippen molar-refractivity contribution in [3.63, 3.8) is 0 Å². The fraction of sp³-hybridized carbons (Fsp3) is 0.400. The lowest BCUT2D eigenvalue weighted by molar-refractivity contribution is 0.222. The Hall–Kier alpha value is -1.61. The molecule has 0 aliphatic heterocycles. The van der Waals surface area contributed by atoms with Crippen molar-refractivity contribution in [1.29, 1.82) is 0 Å². The van der Waals surface area contributed by atoms with Gasteiger partial charge in [-0.25, -0.2) is 0 Å². The maximum Gasteiger partial charge on any atom is 0.0726 e. The Morgan fingerprint density at radius 1 is 1.28 bits per heavy atom. The zero-order valence-corrected chi connectivity index (χ0v) is 11.4. The molecule has 3 nitrogen and oxygen atoms in total. The van der Waals surface area contributed by atoms with E-state index in [4.69, 9.17) is 5.73 Å². The minimum atomic E-state index is 0.518. The number of anilines is 1. The van der Waals surface area contributed by atoms with E-state index in [9.17, 15) is 0 Å². The summed E-state index contributed by atoms with van der Waals surface area (Å²) in [7, 11) is 0. The van der Waals surface area contributed by atoms with Gasteiger partial charge in [-0.1, -0.05) is 25.1 Å². The number of nitrogens with zero attached hydrogens (tertiary/aromatic N) is 2. The van der Waals surface area contributed by atoms with Crippen LogP contribution in [0, 0.1) is 0 Å². The SMILES string of the molecule is CCN(Cc1cc(N)c2ccccc2n1)C(C)C. The zero-order valence-electron chi connectivity index (χ0n) is 11.4. The molecule has 2 N–H and O–H groups in total. The van der Waals surface area contributed by atoms with Crippen LogP contribution in [0.15, 0.2) is 30.3 Å². The summed E-state index contributed by atoms with van der Waals surface area (Å²) in [6.45, 7) is 8.45. The van der Waals surface area contributed by atoms with Crippen molar-refractivity contribution in [2.75, 3.05) is 12.3 Å².